The summed E-state index contributed by atoms with van der Waals surface area (Å²) in [6.45, 7) is 1.86. The first-order valence-electron chi connectivity index (χ1n) is 4.05. The first-order chi connectivity index (χ1) is 6.68. The fraction of sp³-hybridized carbons (Fsp3) is 0.100. The zero-order valence-corrected chi connectivity index (χ0v) is 8.93. The second-order valence-corrected chi connectivity index (χ2v) is 3.78. The molecule has 1 aromatic carbocycles. The second kappa shape index (κ2) is 3.64. The predicted molar refractivity (Wildman–Crippen MR) is 56.7 cm³/mol. The van der Waals surface area contributed by atoms with Gasteiger partial charge in [0.05, 0.1) is 10.7 Å². The van der Waals surface area contributed by atoms with Crippen molar-refractivity contribution in [1.29, 1.82) is 0 Å². The van der Waals surface area contributed by atoms with Crippen LogP contribution in [0.1, 0.15) is 5.69 Å². The van der Waals surface area contributed by atoms with Gasteiger partial charge in [0, 0.05) is 16.1 Å². The minimum absolute atomic E-state index is 0.601. The third-order valence-electron chi connectivity index (χ3n) is 1.97. The molecule has 2 aromatic rings. The Labute approximate surface area is 91.4 Å². The Morgan fingerprint density at radius 3 is 2.57 bits per heavy atom. The van der Waals surface area contributed by atoms with E-state index in [1.807, 2.05) is 13.0 Å². The van der Waals surface area contributed by atoms with E-state index in [0.29, 0.717) is 10.0 Å². The largest absolute Gasteiger partial charge is 0.364 e. The van der Waals surface area contributed by atoms with Gasteiger partial charge in [-0.15, -0.1) is 0 Å². The lowest BCUT2D eigenvalue weighted by Crippen LogP contribution is -1.80. The standard InChI is InChI=1S/C10H7Cl2NO/c1-6-9(5-14-13-6)8-3-2-7(11)4-10(8)12/h2-5H,1H3. The second-order valence-electron chi connectivity index (χ2n) is 2.94. The van der Waals surface area contributed by atoms with Crippen LogP contribution in [0.15, 0.2) is 29.0 Å². The van der Waals surface area contributed by atoms with Crippen LogP contribution < -0.4 is 0 Å². The summed E-state index contributed by atoms with van der Waals surface area (Å²) in [7, 11) is 0. The molecule has 0 bridgehead atoms. The van der Waals surface area contributed by atoms with E-state index in [1.165, 1.54) is 0 Å². The summed E-state index contributed by atoms with van der Waals surface area (Å²) in [6.07, 6.45) is 1.57. The zero-order valence-electron chi connectivity index (χ0n) is 7.42. The van der Waals surface area contributed by atoms with E-state index in [9.17, 15) is 0 Å². The van der Waals surface area contributed by atoms with Gasteiger partial charge in [-0.25, -0.2) is 0 Å². The third-order valence-corrected chi connectivity index (χ3v) is 2.52. The van der Waals surface area contributed by atoms with E-state index >= 15 is 0 Å². The van der Waals surface area contributed by atoms with Crippen LogP contribution in [0.5, 0.6) is 0 Å². The van der Waals surface area contributed by atoms with Crippen molar-refractivity contribution in [2.45, 2.75) is 6.92 Å². The smallest absolute Gasteiger partial charge is 0.131 e. The highest BCUT2D eigenvalue weighted by atomic mass is 35.5. The molecule has 14 heavy (non-hydrogen) atoms. The van der Waals surface area contributed by atoms with Gasteiger partial charge in [-0.2, -0.15) is 0 Å². The van der Waals surface area contributed by atoms with E-state index in [4.69, 9.17) is 27.7 Å². The first-order valence-corrected chi connectivity index (χ1v) is 4.80. The molecule has 0 N–H and O–H groups in total. The Morgan fingerprint density at radius 1 is 1.21 bits per heavy atom. The molecule has 2 nitrogen and oxygen atoms in total. The molecule has 0 unspecified atom stereocenters. The zero-order chi connectivity index (χ0) is 10.1. The van der Waals surface area contributed by atoms with Gasteiger partial charge < -0.3 is 4.52 Å². The molecule has 1 aromatic heterocycles. The SMILES string of the molecule is Cc1nocc1-c1ccc(Cl)cc1Cl. The number of hydrogen-bond donors (Lipinski definition) is 0. The number of rotatable bonds is 1. The van der Waals surface area contributed by atoms with Crippen LogP contribution in [0.25, 0.3) is 11.1 Å². The van der Waals surface area contributed by atoms with E-state index in [-0.39, 0.29) is 0 Å². The van der Waals surface area contributed by atoms with Gasteiger partial charge in [-0.1, -0.05) is 34.4 Å². The summed E-state index contributed by atoms with van der Waals surface area (Å²) in [5.74, 6) is 0. The maximum atomic E-state index is 6.04. The molecule has 0 aliphatic carbocycles. The summed E-state index contributed by atoms with van der Waals surface area (Å²) in [5, 5.41) is 5.01. The molecule has 0 spiro atoms. The minimum Gasteiger partial charge on any atom is -0.364 e. The topological polar surface area (TPSA) is 26.0 Å². The molecule has 0 aliphatic heterocycles. The lowest BCUT2D eigenvalue weighted by Gasteiger charge is -2.01. The number of hydrogen-bond acceptors (Lipinski definition) is 2. The van der Waals surface area contributed by atoms with E-state index in [2.05, 4.69) is 5.16 Å². The van der Waals surface area contributed by atoms with Crippen LogP contribution >= 0.6 is 23.2 Å². The molecule has 2 rings (SSSR count). The lowest BCUT2D eigenvalue weighted by molar-refractivity contribution is 0.415. The van der Waals surface area contributed by atoms with Crippen molar-refractivity contribution in [3.05, 3.63) is 40.2 Å². The summed E-state index contributed by atoms with van der Waals surface area (Å²) in [4.78, 5) is 0. The molecule has 0 atom stereocenters. The quantitative estimate of drug-likeness (QED) is 0.738. The molecule has 0 aliphatic rings. The molecule has 0 radical (unpaired) electrons. The number of benzene rings is 1. The van der Waals surface area contributed by atoms with Gasteiger partial charge in [0.2, 0.25) is 0 Å². The Bertz CT molecular complexity index is 465. The molecule has 4 heteroatoms. The van der Waals surface area contributed by atoms with E-state index in [0.717, 1.165) is 16.8 Å². The van der Waals surface area contributed by atoms with Crippen LogP contribution in [0.2, 0.25) is 10.0 Å². The Kier molecular flexibility index (Phi) is 2.48. The normalized spacial score (nSPS) is 10.5. The number of halogens is 2. The lowest BCUT2D eigenvalue weighted by atomic mass is 10.1. The highest BCUT2D eigenvalue weighted by Gasteiger charge is 2.09. The van der Waals surface area contributed by atoms with Gasteiger partial charge in [0.25, 0.3) is 0 Å². The third kappa shape index (κ3) is 1.63. The van der Waals surface area contributed by atoms with Crippen LogP contribution in [0.4, 0.5) is 0 Å². The van der Waals surface area contributed by atoms with Crippen molar-refractivity contribution in [3.8, 4) is 11.1 Å². The predicted octanol–water partition coefficient (Wildman–Crippen LogP) is 3.96. The molecule has 1 heterocycles. The average Bonchev–Trinajstić information content (AvgIpc) is 2.52. The molecule has 0 amide bonds. The maximum Gasteiger partial charge on any atom is 0.131 e. The Balaban J connectivity index is 2.58. The van der Waals surface area contributed by atoms with Crippen molar-refractivity contribution in [2.24, 2.45) is 0 Å². The minimum atomic E-state index is 0.601. The Morgan fingerprint density at radius 2 is 2.00 bits per heavy atom. The number of aromatic nitrogens is 1. The number of nitrogens with zero attached hydrogens (tertiary/aromatic N) is 1. The molecular weight excluding hydrogens is 221 g/mol. The van der Waals surface area contributed by atoms with Crippen LogP contribution in [-0.4, -0.2) is 5.16 Å². The molecule has 72 valence electrons. The van der Waals surface area contributed by atoms with Crippen molar-refractivity contribution in [2.75, 3.05) is 0 Å². The van der Waals surface area contributed by atoms with Crippen molar-refractivity contribution < 1.29 is 4.52 Å². The molecule has 0 fully saturated rings. The van der Waals surface area contributed by atoms with Crippen molar-refractivity contribution >= 4 is 23.2 Å². The van der Waals surface area contributed by atoms with Crippen molar-refractivity contribution in [3.63, 3.8) is 0 Å². The highest BCUT2D eigenvalue weighted by Crippen LogP contribution is 2.31. The highest BCUT2D eigenvalue weighted by molar-refractivity contribution is 6.36. The van der Waals surface area contributed by atoms with E-state index < -0.39 is 0 Å². The summed E-state index contributed by atoms with van der Waals surface area (Å²) in [5.41, 5.74) is 2.59. The maximum absolute atomic E-state index is 6.04. The van der Waals surface area contributed by atoms with E-state index in [1.54, 1.807) is 18.4 Å². The van der Waals surface area contributed by atoms with Crippen LogP contribution in [-0.2, 0) is 0 Å². The van der Waals surface area contributed by atoms with Gasteiger partial charge in [-0.3, -0.25) is 0 Å². The summed E-state index contributed by atoms with van der Waals surface area (Å²) < 4.78 is 4.84. The number of aryl methyl sites for hydroxylation is 1. The fourth-order valence-corrected chi connectivity index (χ4v) is 1.77. The van der Waals surface area contributed by atoms with Gasteiger partial charge in [0.1, 0.15) is 6.26 Å². The summed E-state index contributed by atoms with van der Waals surface area (Å²) >= 11 is 11.8. The average molecular weight is 228 g/mol. The first kappa shape index (κ1) is 9.56. The molecule has 0 saturated carbocycles. The van der Waals surface area contributed by atoms with Crippen LogP contribution in [0.3, 0.4) is 0 Å². The van der Waals surface area contributed by atoms with Crippen LogP contribution in [0, 0.1) is 6.92 Å². The summed E-state index contributed by atoms with van der Waals surface area (Å²) in [6, 6.07) is 5.34. The van der Waals surface area contributed by atoms with Crippen molar-refractivity contribution in [1.82, 2.24) is 5.16 Å². The van der Waals surface area contributed by atoms with Gasteiger partial charge >= 0.3 is 0 Å². The van der Waals surface area contributed by atoms with Gasteiger partial charge in [-0.05, 0) is 19.1 Å². The fourth-order valence-electron chi connectivity index (χ4n) is 1.26. The monoisotopic (exact) mass is 227 g/mol. The van der Waals surface area contributed by atoms with Gasteiger partial charge in [0.15, 0.2) is 0 Å². The molecule has 0 saturated heterocycles. The Hall–Kier alpha value is -0.990. The molecular formula is C10H7Cl2NO.